The van der Waals surface area contributed by atoms with Crippen molar-refractivity contribution < 1.29 is 9.53 Å². The maximum atomic E-state index is 10.9. The molecule has 0 amide bonds. The summed E-state index contributed by atoms with van der Waals surface area (Å²) < 4.78 is 5.92. The third kappa shape index (κ3) is 2.30. The summed E-state index contributed by atoms with van der Waals surface area (Å²) in [6.07, 6.45) is 1.44. The van der Waals surface area contributed by atoms with Gasteiger partial charge in [0.15, 0.2) is 0 Å². The van der Waals surface area contributed by atoms with Crippen LogP contribution in [0.3, 0.4) is 0 Å². The summed E-state index contributed by atoms with van der Waals surface area (Å²) in [5, 5.41) is 3.85. The summed E-state index contributed by atoms with van der Waals surface area (Å²) in [5.41, 5.74) is 0. The highest BCUT2D eigenvalue weighted by Crippen LogP contribution is 1.91. The van der Waals surface area contributed by atoms with Gasteiger partial charge in [-0.2, -0.15) is 0 Å². The molecular weight excluding hydrogens is 170 g/mol. The van der Waals surface area contributed by atoms with Crippen molar-refractivity contribution in [1.29, 1.82) is 0 Å². The SMILES string of the molecule is CC#CCn1cnc(C(=O)OC)n1. The number of hydrogen-bond acceptors (Lipinski definition) is 4. The van der Waals surface area contributed by atoms with Gasteiger partial charge >= 0.3 is 5.97 Å². The summed E-state index contributed by atoms with van der Waals surface area (Å²) in [6, 6.07) is 0. The van der Waals surface area contributed by atoms with Gasteiger partial charge < -0.3 is 4.74 Å². The summed E-state index contributed by atoms with van der Waals surface area (Å²) >= 11 is 0. The minimum atomic E-state index is -0.539. The molecule has 0 bridgehead atoms. The lowest BCUT2D eigenvalue weighted by Crippen LogP contribution is -2.05. The van der Waals surface area contributed by atoms with Crippen LogP contribution in [-0.2, 0) is 11.3 Å². The molecule has 1 heterocycles. The standard InChI is InChI=1S/C8H9N3O2/c1-3-4-5-11-6-9-7(10-11)8(12)13-2/h6H,5H2,1-2H3. The Bertz CT molecular complexity index is 359. The third-order valence-corrected chi connectivity index (χ3v) is 1.32. The summed E-state index contributed by atoms with van der Waals surface area (Å²) in [4.78, 5) is 14.7. The minimum absolute atomic E-state index is 0.0559. The fourth-order valence-electron chi connectivity index (χ4n) is 0.716. The highest BCUT2D eigenvalue weighted by molar-refractivity contribution is 5.84. The molecule has 0 aromatic carbocycles. The lowest BCUT2D eigenvalue weighted by atomic mass is 10.6. The Morgan fingerprint density at radius 1 is 1.77 bits per heavy atom. The van der Waals surface area contributed by atoms with E-state index in [4.69, 9.17) is 0 Å². The van der Waals surface area contributed by atoms with E-state index >= 15 is 0 Å². The molecular formula is C8H9N3O2. The van der Waals surface area contributed by atoms with Crippen molar-refractivity contribution >= 4 is 5.97 Å². The molecule has 1 rings (SSSR count). The van der Waals surface area contributed by atoms with Gasteiger partial charge in [0.05, 0.1) is 7.11 Å². The summed E-state index contributed by atoms with van der Waals surface area (Å²) in [7, 11) is 1.29. The Morgan fingerprint density at radius 2 is 2.54 bits per heavy atom. The molecule has 0 fully saturated rings. The molecule has 0 saturated carbocycles. The molecule has 13 heavy (non-hydrogen) atoms. The predicted octanol–water partition coefficient (Wildman–Crippen LogP) is 0.0880. The van der Waals surface area contributed by atoms with Crippen LogP contribution in [0.15, 0.2) is 6.33 Å². The van der Waals surface area contributed by atoms with E-state index in [0.717, 1.165) is 0 Å². The molecule has 0 aliphatic rings. The number of methoxy groups -OCH3 is 1. The number of rotatable bonds is 2. The maximum absolute atomic E-state index is 10.9. The fourth-order valence-corrected chi connectivity index (χ4v) is 0.716. The average Bonchev–Trinajstić information content (AvgIpc) is 2.62. The molecule has 5 heteroatoms. The van der Waals surface area contributed by atoms with Crippen molar-refractivity contribution in [2.24, 2.45) is 0 Å². The van der Waals surface area contributed by atoms with Gasteiger partial charge in [-0.25, -0.2) is 14.5 Å². The van der Waals surface area contributed by atoms with E-state index in [9.17, 15) is 4.79 Å². The van der Waals surface area contributed by atoms with Gasteiger partial charge in [0.2, 0.25) is 0 Å². The largest absolute Gasteiger partial charge is 0.463 e. The molecule has 1 aromatic rings. The normalized spacial score (nSPS) is 8.77. The molecule has 0 spiro atoms. The Hall–Kier alpha value is -1.83. The van der Waals surface area contributed by atoms with Gasteiger partial charge in [-0.05, 0) is 6.92 Å². The smallest absolute Gasteiger partial charge is 0.377 e. The second-order valence-corrected chi connectivity index (χ2v) is 2.18. The monoisotopic (exact) mass is 179 g/mol. The molecule has 0 aliphatic heterocycles. The first-order valence-corrected chi connectivity index (χ1v) is 3.65. The summed E-state index contributed by atoms with van der Waals surface area (Å²) in [5.74, 6) is 5.02. The second kappa shape index (κ2) is 4.26. The van der Waals surface area contributed by atoms with E-state index in [2.05, 4.69) is 26.7 Å². The van der Waals surface area contributed by atoms with Crippen molar-refractivity contribution in [2.75, 3.05) is 7.11 Å². The molecule has 1 aromatic heterocycles. The van der Waals surface area contributed by atoms with Crippen LogP contribution in [0.4, 0.5) is 0 Å². The van der Waals surface area contributed by atoms with E-state index in [-0.39, 0.29) is 5.82 Å². The average molecular weight is 179 g/mol. The molecule has 0 radical (unpaired) electrons. The fraction of sp³-hybridized carbons (Fsp3) is 0.375. The Morgan fingerprint density at radius 3 is 3.15 bits per heavy atom. The first kappa shape index (κ1) is 9.26. The zero-order chi connectivity index (χ0) is 9.68. The van der Waals surface area contributed by atoms with E-state index in [1.54, 1.807) is 6.92 Å². The Labute approximate surface area is 75.7 Å². The Kier molecular flexibility index (Phi) is 3.03. The molecule has 5 nitrogen and oxygen atoms in total. The zero-order valence-electron chi connectivity index (χ0n) is 7.44. The number of esters is 1. The number of carbonyl (C=O) groups is 1. The van der Waals surface area contributed by atoms with Crippen molar-refractivity contribution in [3.05, 3.63) is 12.2 Å². The number of hydrogen-bond donors (Lipinski definition) is 0. The van der Waals surface area contributed by atoms with Crippen LogP contribution < -0.4 is 0 Å². The lowest BCUT2D eigenvalue weighted by Gasteiger charge is -1.91. The van der Waals surface area contributed by atoms with Crippen LogP contribution in [0.5, 0.6) is 0 Å². The zero-order valence-corrected chi connectivity index (χ0v) is 7.44. The van der Waals surface area contributed by atoms with Crippen LogP contribution in [-0.4, -0.2) is 27.8 Å². The number of ether oxygens (including phenoxy) is 1. The van der Waals surface area contributed by atoms with Crippen molar-refractivity contribution in [2.45, 2.75) is 13.5 Å². The van der Waals surface area contributed by atoms with Gasteiger partial charge in [-0.3, -0.25) is 0 Å². The van der Waals surface area contributed by atoms with Gasteiger partial charge in [-0.15, -0.1) is 11.0 Å². The molecule has 0 unspecified atom stereocenters. The van der Waals surface area contributed by atoms with Gasteiger partial charge in [0, 0.05) is 0 Å². The summed E-state index contributed by atoms with van der Waals surface area (Å²) in [6.45, 7) is 2.17. The quantitative estimate of drug-likeness (QED) is 0.477. The first-order valence-electron chi connectivity index (χ1n) is 3.65. The van der Waals surface area contributed by atoms with Crippen LogP contribution in [0.2, 0.25) is 0 Å². The molecule has 0 N–H and O–H groups in total. The maximum Gasteiger partial charge on any atom is 0.377 e. The number of carbonyl (C=O) groups excluding carboxylic acids is 1. The number of aromatic nitrogens is 3. The van der Waals surface area contributed by atoms with Crippen LogP contribution in [0, 0.1) is 11.8 Å². The first-order chi connectivity index (χ1) is 6.27. The lowest BCUT2D eigenvalue weighted by molar-refractivity contribution is 0.0586. The molecule has 0 atom stereocenters. The van der Waals surface area contributed by atoms with Gasteiger partial charge in [0.25, 0.3) is 5.82 Å². The van der Waals surface area contributed by atoms with Crippen molar-refractivity contribution in [3.8, 4) is 11.8 Å². The predicted molar refractivity (Wildman–Crippen MR) is 44.8 cm³/mol. The Balaban J connectivity index is 2.72. The van der Waals surface area contributed by atoms with E-state index in [1.165, 1.54) is 18.1 Å². The third-order valence-electron chi connectivity index (χ3n) is 1.32. The second-order valence-electron chi connectivity index (χ2n) is 2.18. The molecule has 68 valence electrons. The topological polar surface area (TPSA) is 57.0 Å². The van der Waals surface area contributed by atoms with Crippen LogP contribution in [0.1, 0.15) is 17.5 Å². The van der Waals surface area contributed by atoms with Gasteiger partial charge in [-0.1, -0.05) is 5.92 Å². The molecule has 0 saturated heterocycles. The van der Waals surface area contributed by atoms with Gasteiger partial charge in [0.1, 0.15) is 12.9 Å². The van der Waals surface area contributed by atoms with Crippen molar-refractivity contribution in [3.63, 3.8) is 0 Å². The molecule has 0 aliphatic carbocycles. The number of nitrogens with zero attached hydrogens (tertiary/aromatic N) is 3. The van der Waals surface area contributed by atoms with E-state index in [1.807, 2.05) is 0 Å². The van der Waals surface area contributed by atoms with E-state index in [0.29, 0.717) is 6.54 Å². The van der Waals surface area contributed by atoms with E-state index < -0.39 is 5.97 Å². The minimum Gasteiger partial charge on any atom is -0.463 e. The van der Waals surface area contributed by atoms with Crippen LogP contribution >= 0.6 is 0 Å². The van der Waals surface area contributed by atoms with Crippen molar-refractivity contribution in [1.82, 2.24) is 14.8 Å². The van der Waals surface area contributed by atoms with Crippen LogP contribution in [0.25, 0.3) is 0 Å². The highest BCUT2D eigenvalue weighted by atomic mass is 16.5. The highest BCUT2D eigenvalue weighted by Gasteiger charge is 2.09.